The summed E-state index contributed by atoms with van der Waals surface area (Å²) in [5.74, 6) is -1.40. The zero-order chi connectivity index (χ0) is 17.2. The molecule has 5 nitrogen and oxygen atoms in total. The minimum Gasteiger partial charge on any atom is -0.481 e. The van der Waals surface area contributed by atoms with Crippen molar-refractivity contribution >= 4 is 18.0 Å². The molecule has 1 aromatic rings. The second-order valence-electron chi connectivity index (χ2n) is 6.05. The molecule has 0 radical (unpaired) electrons. The van der Waals surface area contributed by atoms with Crippen molar-refractivity contribution in [3.8, 4) is 0 Å². The van der Waals surface area contributed by atoms with E-state index in [4.69, 9.17) is 4.74 Å². The number of allylic oxidation sites excluding steroid dienone is 1. The van der Waals surface area contributed by atoms with Crippen LogP contribution < -0.4 is 5.32 Å². The van der Waals surface area contributed by atoms with Crippen LogP contribution in [0.1, 0.15) is 31.2 Å². The van der Waals surface area contributed by atoms with E-state index in [1.165, 1.54) is 0 Å². The van der Waals surface area contributed by atoms with E-state index in [1.807, 2.05) is 42.5 Å². The molecule has 1 fully saturated rings. The molecule has 0 spiro atoms. The predicted molar refractivity (Wildman–Crippen MR) is 92.4 cm³/mol. The first-order valence-corrected chi connectivity index (χ1v) is 8.45. The third-order valence-corrected chi connectivity index (χ3v) is 4.32. The van der Waals surface area contributed by atoms with Gasteiger partial charge in [-0.2, -0.15) is 0 Å². The Morgan fingerprint density at radius 1 is 1.25 bits per heavy atom. The van der Waals surface area contributed by atoms with Crippen LogP contribution in [-0.4, -0.2) is 36.7 Å². The lowest BCUT2D eigenvalue weighted by Gasteiger charge is -2.27. The smallest absolute Gasteiger partial charge is 0.308 e. The minimum absolute atomic E-state index is 0.0783. The van der Waals surface area contributed by atoms with Crippen LogP contribution in [0.2, 0.25) is 0 Å². The van der Waals surface area contributed by atoms with E-state index in [-0.39, 0.29) is 18.4 Å². The van der Waals surface area contributed by atoms with E-state index in [0.29, 0.717) is 26.1 Å². The van der Waals surface area contributed by atoms with Gasteiger partial charge in [-0.05, 0) is 30.7 Å². The van der Waals surface area contributed by atoms with E-state index in [9.17, 15) is 14.7 Å². The SMILES string of the molecule is O=C(CC/C=C/c1ccccc1)NCC(C(=O)O)C1CCOCC1. The Bertz CT molecular complexity index is 550. The summed E-state index contributed by atoms with van der Waals surface area (Å²) in [6.07, 6.45) is 6.43. The molecule has 1 heterocycles. The summed E-state index contributed by atoms with van der Waals surface area (Å²) in [6.45, 7) is 1.40. The number of benzene rings is 1. The third-order valence-electron chi connectivity index (χ3n) is 4.32. The Balaban J connectivity index is 1.71. The fraction of sp³-hybridized carbons (Fsp3) is 0.474. The Hall–Kier alpha value is -2.14. The fourth-order valence-electron chi connectivity index (χ4n) is 2.88. The van der Waals surface area contributed by atoms with Gasteiger partial charge in [0.05, 0.1) is 5.92 Å². The lowest BCUT2D eigenvalue weighted by atomic mass is 9.86. The molecule has 24 heavy (non-hydrogen) atoms. The van der Waals surface area contributed by atoms with Crippen LogP contribution in [-0.2, 0) is 14.3 Å². The van der Waals surface area contributed by atoms with Gasteiger partial charge in [0.15, 0.2) is 0 Å². The van der Waals surface area contributed by atoms with Crippen LogP contribution in [0.4, 0.5) is 0 Å². The number of nitrogens with one attached hydrogen (secondary N) is 1. The van der Waals surface area contributed by atoms with Crippen LogP contribution in [0.15, 0.2) is 36.4 Å². The number of carbonyl (C=O) groups excluding carboxylic acids is 1. The molecule has 2 rings (SSSR count). The monoisotopic (exact) mass is 331 g/mol. The highest BCUT2D eigenvalue weighted by atomic mass is 16.5. The Kier molecular flexibility index (Phi) is 7.49. The second-order valence-corrected chi connectivity index (χ2v) is 6.05. The number of amides is 1. The molecule has 0 saturated carbocycles. The van der Waals surface area contributed by atoms with Crippen molar-refractivity contribution in [1.82, 2.24) is 5.32 Å². The number of carboxylic acid groups (broad SMARTS) is 1. The number of carboxylic acids is 1. The van der Waals surface area contributed by atoms with Crippen LogP contribution in [0.25, 0.3) is 6.08 Å². The maximum atomic E-state index is 11.9. The summed E-state index contributed by atoms with van der Waals surface area (Å²) in [7, 11) is 0. The van der Waals surface area contributed by atoms with E-state index < -0.39 is 11.9 Å². The summed E-state index contributed by atoms with van der Waals surface area (Å²) < 4.78 is 5.27. The average molecular weight is 331 g/mol. The molecule has 1 aromatic carbocycles. The molecule has 1 aliphatic heterocycles. The van der Waals surface area contributed by atoms with Gasteiger partial charge in [-0.1, -0.05) is 42.5 Å². The number of ether oxygens (including phenoxy) is 1. The molecule has 5 heteroatoms. The van der Waals surface area contributed by atoms with Crippen molar-refractivity contribution in [3.63, 3.8) is 0 Å². The number of hydrogen-bond acceptors (Lipinski definition) is 3. The molecule has 0 aliphatic carbocycles. The number of carbonyl (C=O) groups is 2. The molecule has 0 bridgehead atoms. The van der Waals surface area contributed by atoms with Crippen LogP contribution >= 0.6 is 0 Å². The van der Waals surface area contributed by atoms with Gasteiger partial charge in [-0.15, -0.1) is 0 Å². The van der Waals surface area contributed by atoms with Gasteiger partial charge in [0.1, 0.15) is 0 Å². The zero-order valence-corrected chi connectivity index (χ0v) is 13.8. The van der Waals surface area contributed by atoms with Gasteiger partial charge in [0, 0.05) is 26.2 Å². The lowest BCUT2D eigenvalue weighted by Crippen LogP contribution is -2.38. The van der Waals surface area contributed by atoms with Crippen LogP contribution in [0.5, 0.6) is 0 Å². The van der Waals surface area contributed by atoms with Crippen molar-refractivity contribution in [3.05, 3.63) is 42.0 Å². The average Bonchev–Trinajstić information content (AvgIpc) is 2.60. The topological polar surface area (TPSA) is 75.6 Å². The van der Waals surface area contributed by atoms with Gasteiger partial charge in [-0.3, -0.25) is 9.59 Å². The predicted octanol–water partition coefficient (Wildman–Crippen LogP) is 2.72. The van der Waals surface area contributed by atoms with Crippen molar-refractivity contribution in [2.24, 2.45) is 11.8 Å². The first-order chi connectivity index (χ1) is 11.7. The van der Waals surface area contributed by atoms with Crippen molar-refractivity contribution in [2.45, 2.75) is 25.7 Å². The van der Waals surface area contributed by atoms with Gasteiger partial charge in [0.2, 0.25) is 5.91 Å². The van der Waals surface area contributed by atoms with Gasteiger partial charge in [0.25, 0.3) is 0 Å². The van der Waals surface area contributed by atoms with E-state index in [1.54, 1.807) is 0 Å². The van der Waals surface area contributed by atoms with Gasteiger partial charge in [-0.25, -0.2) is 0 Å². The van der Waals surface area contributed by atoms with E-state index >= 15 is 0 Å². The Labute approximate surface area is 142 Å². The molecule has 1 aliphatic rings. The van der Waals surface area contributed by atoms with E-state index in [0.717, 1.165) is 18.4 Å². The summed E-state index contributed by atoms with van der Waals surface area (Å²) in [4.78, 5) is 23.3. The van der Waals surface area contributed by atoms with E-state index in [2.05, 4.69) is 5.32 Å². The third kappa shape index (κ3) is 6.16. The standard InChI is InChI=1S/C19H25NO4/c21-18(9-5-4-8-15-6-2-1-3-7-15)20-14-17(19(22)23)16-10-12-24-13-11-16/h1-4,6-8,16-17H,5,9-14H2,(H,20,21)(H,22,23)/b8-4+. The quantitative estimate of drug-likeness (QED) is 0.768. The normalized spacial score (nSPS) is 16.8. The first kappa shape index (κ1) is 18.2. The van der Waals surface area contributed by atoms with Crippen molar-refractivity contribution < 1.29 is 19.4 Å². The van der Waals surface area contributed by atoms with Gasteiger partial charge < -0.3 is 15.2 Å². The lowest BCUT2D eigenvalue weighted by molar-refractivity contribution is -0.144. The minimum atomic E-state index is -0.842. The van der Waals surface area contributed by atoms with Crippen molar-refractivity contribution in [2.75, 3.05) is 19.8 Å². The summed E-state index contributed by atoms with van der Waals surface area (Å²) in [6, 6.07) is 9.90. The summed E-state index contributed by atoms with van der Waals surface area (Å²) in [5.41, 5.74) is 1.10. The van der Waals surface area contributed by atoms with Gasteiger partial charge >= 0.3 is 5.97 Å². The highest BCUT2D eigenvalue weighted by Crippen LogP contribution is 2.23. The number of rotatable bonds is 8. The van der Waals surface area contributed by atoms with Crippen LogP contribution in [0.3, 0.4) is 0 Å². The largest absolute Gasteiger partial charge is 0.481 e. The Morgan fingerprint density at radius 2 is 1.96 bits per heavy atom. The molecule has 1 unspecified atom stereocenters. The molecule has 1 saturated heterocycles. The van der Waals surface area contributed by atoms with Crippen LogP contribution in [0, 0.1) is 11.8 Å². The fourth-order valence-corrected chi connectivity index (χ4v) is 2.88. The highest BCUT2D eigenvalue weighted by molar-refractivity contribution is 5.77. The summed E-state index contributed by atoms with van der Waals surface area (Å²) in [5, 5.41) is 12.1. The molecule has 130 valence electrons. The Morgan fingerprint density at radius 3 is 2.62 bits per heavy atom. The van der Waals surface area contributed by atoms with Crippen molar-refractivity contribution in [1.29, 1.82) is 0 Å². The highest BCUT2D eigenvalue weighted by Gasteiger charge is 2.29. The maximum absolute atomic E-state index is 11.9. The number of hydrogen-bond donors (Lipinski definition) is 2. The maximum Gasteiger partial charge on any atom is 0.308 e. The molecule has 1 atom stereocenters. The first-order valence-electron chi connectivity index (χ1n) is 8.45. The second kappa shape index (κ2) is 9.88. The molecular formula is C19H25NO4. The molecular weight excluding hydrogens is 306 g/mol. The molecule has 2 N–H and O–H groups in total. The molecule has 1 amide bonds. The summed E-state index contributed by atoms with van der Waals surface area (Å²) >= 11 is 0. The molecule has 0 aromatic heterocycles. The number of aliphatic carboxylic acids is 1. The zero-order valence-electron chi connectivity index (χ0n) is 13.8.